The third kappa shape index (κ3) is 1.99. The zero-order valence-corrected chi connectivity index (χ0v) is 9.59. The number of nitrogens with zero attached hydrogens (tertiary/aromatic N) is 4. The van der Waals surface area contributed by atoms with Crippen molar-refractivity contribution in [3.05, 3.63) is 24.2 Å². The van der Waals surface area contributed by atoms with Crippen LogP contribution in [0.5, 0.6) is 0 Å². The molecule has 1 fully saturated rings. The van der Waals surface area contributed by atoms with Crippen LogP contribution in [-0.2, 0) is 7.05 Å². The molecule has 0 bridgehead atoms. The molecule has 17 heavy (non-hydrogen) atoms. The second-order valence-electron chi connectivity index (χ2n) is 4.32. The molecule has 2 aromatic heterocycles. The Balaban J connectivity index is 2.05. The molecule has 0 radical (unpaired) electrons. The largest absolute Gasteiger partial charge is 0.308 e. The Hall–Kier alpha value is -1.95. The van der Waals surface area contributed by atoms with Crippen LogP contribution in [-0.4, -0.2) is 19.7 Å². The Bertz CT molecular complexity index is 543. The molecule has 6 nitrogen and oxygen atoms in total. The Morgan fingerprint density at radius 1 is 1.41 bits per heavy atom. The highest BCUT2D eigenvalue weighted by Crippen LogP contribution is 2.40. The fourth-order valence-electron chi connectivity index (χ4n) is 1.79. The van der Waals surface area contributed by atoms with Gasteiger partial charge in [0, 0.05) is 30.9 Å². The normalized spacial score (nSPS) is 14.9. The highest BCUT2D eigenvalue weighted by Gasteiger charge is 2.26. The molecule has 0 aliphatic heterocycles. The molecule has 6 heteroatoms. The molecular formula is C11H14N6. The van der Waals surface area contributed by atoms with E-state index in [0.717, 1.165) is 11.3 Å². The van der Waals surface area contributed by atoms with Gasteiger partial charge < -0.3 is 5.43 Å². The predicted molar refractivity (Wildman–Crippen MR) is 64.0 cm³/mol. The minimum Gasteiger partial charge on any atom is -0.308 e. The van der Waals surface area contributed by atoms with Gasteiger partial charge in [-0.1, -0.05) is 0 Å². The molecule has 3 rings (SSSR count). The molecule has 1 aliphatic carbocycles. The van der Waals surface area contributed by atoms with Gasteiger partial charge in [0.05, 0.1) is 11.8 Å². The van der Waals surface area contributed by atoms with Crippen LogP contribution >= 0.6 is 0 Å². The minimum atomic E-state index is 0.570. The molecule has 1 aliphatic rings. The number of hydrazine groups is 1. The maximum atomic E-state index is 5.43. The predicted octanol–water partition coefficient (Wildman–Crippen LogP) is 1.04. The maximum Gasteiger partial charge on any atom is 0.165 e. The van der Waals surface area contributed by atoms with Crippen LogP contribution in [0.25, 0.3) is 11.4 Å². The van der Waals surface area contributed by atoms with Gasteiger partial charge in [-0.25, -0.2) is 15.8 Å². The number of aryl methyl sites for hydroxylation is 1. The van der Waals surface area contributed by atoms with Crippen LogP contribution in [0.2, 0.25) is 0 Å². The molecule has 3 N–H and O–H groups in total. The van der Waals surface area contributed by atoms with Gasteiger partial charge in [-0.05, 0) is 12.8 Å². The molecule has 2 heterocycles. The second kappa shape index (κ2) is 3.81. The van der Waals surface area contributed by atoms with E-state index >= 15 is 0 Å². The van der Waals surface area contributed by atoms with E-state index in [1.54, 1.807) is 10.9 Å². The summed E-state index contributed by atoms with van der Waals surface area (Å²) in [6, 6.07) is 1.91. The van der Waals surface area contributed by atoms with E-state index in [0.29, 0.717) is 17.6 Å². The Kier molecular flexibility index (Phi) is 2.29. The van der Waals surface area contributed by atoms with Crippen molar-refractivity contribution in [2.45, 2.75) is 18.8 Å². The van der Waals surface area contributed by atoms with Gasteiger partial charge in [0.25, 0.3) is 0 Å². The summed E-state index contributed by atoms with van der Waals surface area (Å²) in [6.45, 7) is 0. The van der Waals surface area contributed by atoms with Crippen LogP contribution in [0.3, 0.4) is 0 Å². The van der Waals surface area contributed by atoms with Gasteiger partial charge in [0.2, 0.25) is 0 Å². The molecule has 0 unspecified atom stereocenters. The molecule has 2 aromatic rings. The summed E-state index contributed by atoms with van der Waals surface area (Å²) < 4.78 is 1.73. The third-order valence-corrected chi connectivity index (χ3v) is 2.85. The zero-order chi connectivity index (χ0) is 11.8. The lowest BCUT2D eigenvalue weighted by Gasteiger charge is -2.05. The van der Waals surface area contributed by atoms with Crippen molar-refractivity contribution in [3.8, 4) is 11.4 Å². The van der Waals surface area contributed by atoms with Crippen LogP contribution in [0.1, 0.15) is 24.5 Å². The maximum absolute atomic E-state index is 5.43. The van der Waals surface area contributed by atoms with E-state index < -0.39 is 0 Å². The SMILES string of the molecule is Cn1cc(-c2nc(NN)cc(C3CC3)n2)cn1. The van der Waals surface area contributed by atoms with Crippen LogP contribution < -0.4 is 11.3 Å². The average Bonchev–Trinajstić information content (AvgIpc) is 3.11. The molecule has 1 saturated carbocycles. The highest BCUT2D eigenvalue weighted by atomic mass is 15.3. The van der Waals surface area contributed by atoms with Crippen molar-refractivity contribution in [1.29, 1.82) is 0 Å². The van der Waals surface area contributed by atoms with Crippen molar-refractivity contribution < 1.29 is 0 Å². The van der Waals surface area contributed by atoms with E-state index in [9.17, 15) is 0 Å². The fraction of sp³-hybridized carbons (Fsp3) is 0.364. The number of nitrogens with one attached hydrogen (secondary N) is 1. The van der Waals surface area contributed by atoms with Gasteiger partial charge >= 0.3 is 0 Å². The Labute approximate surface area is 98.8 Å². The lowest BCUT2D eigenvalue weighted by atomic mass is 10.2. The second-order valence-corrected chi connectivity index (χ2v) is 4.32. The van der Waals surface area contributed by atoms with Gasteiger partial charge in [0.1, 0.15) is 5.82 Å². The van der Waals surface area contributed by atoms with Crippen LogP contribution in [0.4, 0.5) is 5.82 Å². The topological polar surface area (TPSA) is 81.7 Å². The molecule has 0 saturated heterocycles. The first-order chi connectivity index (χ1) is 8.26. The zero-order valence-electron chi connectivity index (χ0n) is 9.59. The number of hydrogen-bond acceptors (Lipinski definition) is 5. The van der Waals surface area contributed by atoms with Crippen molar-refractivity contribution in [1.82, 2.24) is 19.7 Å². The summed E-state index contributed by atoms with van der Waals surface area (Å²) in [7, 11) is 1.87. The number of anilines is 1. The van der Waals surface area contributed by atoms with Crippen LogP contribution in [0, 0.1) is 0 Å². The van der Waals surface area contributed by atoms with Crippen molar-refractivity contribution in [2.24, 2.45) is 12.9 Å². The first-order valence-electron chi connectivity index (χ1n) is 5.61. The van der Waals surface area contributed by atoms with Crippen LogP contribution in [0.15, 0.2) is 18.5 Å². The van der Waals surface area contributed by atoms with E-state index in [1.165, 1.54) is 12.8 Å². The number of nitrogens with two attached hydrogens (primary N) is 1. The van der Waals surface area contributed by atoms with Gasteiger partial charge in [0.15, 0.2) is 5.82 Å². The third-order valence-electron chi connectivity index (χ3n) is 2.85. The van der Waals surface area contributed by atoms with E-state index in [4.69, 9.17) is 5.84 Å². The van der Waals surface area contributed by atoms with Gasteiger partial charge in [-0.15, -0.1) is 0 Å². The first kappa shape index (κ1) is 10.2. The quantitative estimate of drug-likeness (QED) is 0.608. The standard InChI is InChI=1S/C11H14N6/c1-17-6-8(5-13-17)11-14-9(7-2-3-7)4-10(15-11)16-12/h4-7H,2-3,12H2,1H3,(H,14,15,16). The number of rotatable bonds is 3. The molecule has 0 spiro atoms. The molecule has 88 valence electrons. The van der Waals surface area contributed by atoms with Gasteiger partial charge in [-0.2, -0.15) is 5.10 Å². The molecular weight excluding hydrogens is 216 g/mol. The summed E-state index contributed by atoms with van der Waals surface area (Å²) >= 11 is 0. The average molecular weight is 230 g/mol. The van der Waals surface area contributed by atoms with E-state index in [1.807, 2.05) is 19.3 Å². The highest BCUT2D eigenvalue weighted by molar-refractivity contribution is 5.55. The fourth-order valence-corrected chi connectivity index (χ4v) is 1.79. The van der Waals surface area contributed by atoms with Gasteiger partial charge in [-0.3, -0.25) is 4.68 Å². The monoisotopic (exact) mass is 230 g/mol. The smallest absolute Gasteiger partial charge is 0.165 e. The number of nitrogen functional groups attached to an aromatic ring is 1. The van der Waals surface area contributed by atoms with Crippen molar-refractivity contribution in [2.75, 3.05) is 5.43 Å². The summed E-state index contributed by atoms with van der Waals surface area (Å²) in [4.78, 5) is 8.91. The summed E-state index contributed by atoms with van der Waals surface area (Å²) in [5.74, 6) is 7.33. The number of aromatic nitrogens is 4. The summed E-state index contributed by atoms with van der Waals surface area (Å²) in [5.41, 5.74) is 4.56. The summed E-state index contributed by atoms with van der Waals surface area (Å²) in [5, 5.41) is 4.12. The van der Waals surface area contributed by atoms with E-state index in [-0.39, 0.29) is 0 Å². The first-order valence-corrected chi connectivity index (χ1v) is 5.61. The van der Waals surface area contributed by atoms with E-state index in [2.05, 4.69) is 20.5 Å². The van der Waals surface area contributed by atoms with Crippen molar-refractivity contribution in [3.63, 3.8) is 0 Å². The Morgan fingerprint density at radius 2 is 2.24 bits per heavy atom. The lowest BCUT2D eigenvalue weighted by Crippen LogP contribution is -2.10. The van der Waals surface area contributed by atoms with Crippen molar-refractivity contribution >= 4 is 5.82 Å². The summed E-state index contributed by atoms with van der Waals surface area (Å²) in [6.07, 6.45) is 6.06. The number of hydrogen-bond donors (Lipinski definition) is 2. The minimum absolute atomic E-state index is 0.570. The lowest BCUT2D eigenvalue weighted by molar-refractivity contribution is 0.768. The Morgan fingerprint density at radius 3 is 2.82 bits per heavy atom. The molecule has 0 atom stereocenters. The molecule has 0 aromatic carbocycles. The molecule has 0 amide bonds.